The minimum Gasteiger partial charge on any atom is -0.449 e. The first-order chi connectivity index (χ1) is 15.6. The van der Waals surface area contributed by atoms with Gasteiger partial charge in [0.25, 0.3) is 11.6 Å². The fraction of sp³-hybridized carbons (Fsp3) is 0.417. The van der Waals surface area contributed by atoms with Crippen molar-refractivity contribution in [3.8, 4) is 0 Å². The Morgan fingerprint density at radius 3 is 2.33 bits per heavy atom. The van der Waals surface area contributed by atoms with E-state index in [1.165, 1.54) is 25.1 Å². The Bertz CT molecular complexity index is 1020. The van der Waals surface area contributed by atoms with Gasteiger partial charge in [-0.3, -0.25) is 14.9 Å². The number of hydrogen-bond donors (Lipinski definition) is 1. The minimum atomic E-state index is -1.09. The fourth-order valence-corrected chi connectivity index (χ4v) is 3.45. The SMILES string of the molecule is C[C@H](OC(=O)c1ccc(N2CCOCC2)c([N+](=O)[O-])c1)C(=O)Nc1ccc(C(C)(C)C)cc1. The molecule has 2 aromatic carbocycles. The molecule has 176 valence electrons. The molecule has 0 aliphatic carbocycles. The highest BCUT2D eigenvalue weighted by Gasteiger charge is 2.25. The van der Waals surface area contributed by atoms with Gasteiger partial charge in [-0.15, -0.1) is 0 Å². The van der Waals surface area contributed by atoms with Crippen LogP contribution in [-0.4, -0.2) is 49.2 Å². The van der Waals surface area contributed by atoms with Gasteiger partial charge in [0.15, 0.2) is 6.10 Å². The summed E-state index contributed by atoms with van der Waals surface area (Å²) in [7, 11) is 0. The number of nitrogens with one attached hydrogen (secondary N) is 1. The first-order valence-electron chi connectivity index (χ1n) is 10.8. The fourth-order valence-electron chi connectivity index (χ4n) is 3.45. The molecule has 0 aromatic heterocycles. The van der Waals surface area contributed by atoms with Crippen LogP contribution in [0, 0.1) is 10.1 Å². The van der Waals surface area contributed by atoms with Crippen LogP contribution in [0.5, 0.6) is 0 Å². The molecule has 0 radical (unpaired) electrons. The highest BCUT2D eigenvalue weighted by molar-refractivity contribution is 5.97. The molecule has 3 rings (SSSR count). The first kappa shape index (κ1) is 24.2. The van der Waals surface area contributed by atoms with Crippen LogP contribution in [0.15, 0.2) is 42.5 Å². The van der Waals surface area contributed by atoms with E-state index in [2.05, 4.69) is 26.1 Å². The van der Waals surface area contributed by atoms with E-state index in [1.54, 1.807) is 12.1 Å². The molecule has 1 heterocycles. The maximum atomic E-state index is 12.6. The third-order valence-corrected chi connectivity index (χ3v) is 5.43. The highest BCUT2D eigenvalue weighted by atomic mass is 16.6. The predicted molar refractivity (Wildman–Crippen MR) is 125 cm³/mol. The standard InChI is InChI=1S/C24H29N3O6/c1-16(22(28)25-19-8-6-18(7-9-19)24(2,3)4)33-23(29)17-5-10-20(21(15-17)27(30)31)26-11-13-32-14-12-26/h5-10,15-16H,11-14H2,1-4H3,(H,25,28)/t16-/m0/s1. The Hall–Kier alpha value is -3.46. The first-order valence-corrected chi connectivity index (χ1v) is 10.8. The number of amides is 1. The molecule has 1 N–H and O–H groups in total. The quantitative estimate of drug-likeness (QED) is 0.399. The minimum absolute atomic E-state index is 0.00731. The average Bonchev–Trinajstić information content (AvgIpc) is 2.78. The number of benzene rings is 2. The zero-order chi connectivity index (χ0) is 24.2. The summed E-state index contributed by atoms with van der Waals surface area (Å²) in [5.74, 6) is -1.30. The van der Waals surface area contributed by atoms with Gasteiger partial charge >= 0.3 is 5.97 Å². The molecular weight excluding hydrogens is 426 g/mol. The number of rotatable bonds is 6. The Labute approximate surface area is 192 Å². The van der Waals surface area contributed by atoms with Gasteiger partial charge in [-0.25, -0.2) is 4.79 Å². The van der Waals surface area contributed by atoms with E-state index in [9.17, 15) is 19.7 Å². The Morgan fingerprint density at radius 2 is 1.76 bits per heavy atom. The summed E-state index contributed by atoms with van der Waals surface area (Å²) in [5.41, 5.74) is 1.94. The van der Waals surface area contributed by atoms with Crippen LogP contribution in [-0.2, 0) is 19.7 Å². The predicted octanol–water partition coefficient (Wildman–Crippen LogP) is 3.91. The van der Waals surface area contributed by atoms with Crippen molar-refractivity contribution < 1.29 is 24.0 Å². The van der Waals surface area contributed by atoms with Gasteiger partial charge in [0, 0.05) is 24.8 Å². The number of ether oxygens (including phenoxy) is 2. The summed E-state index contributed by atoms with van der Waals surface area (Å²) in [6, 6.07) is 11.6. The van der Waals surface area contributed by atoms with Gasteiger partial charge in [-0.05, 0) is 42.2 Å². The number of carbonyl (C=O) groups excluding carboxylic acids is 2. The van der Waals surface area contributed by atoms with E-state index in [-0.39, 0.29) is 16.7 Å². The second kappa shape index (κ2) is 9.99. The zero-order valence-corrected chi connectivity index (χ0v) is 19.3. The molecule has 0 bridgehead atoms. The molecule has 1 atom stereocenters. The molecule has 1 aliphatic heterocycles. The third-order valence-electron chi connectivity index (χ3n) is 5.43. The van der Waals surface area contributed by atoms with Crippen LogP contribution < -0.4 is 10.2 Å². The van der Waals surface area contributed by atoms with Gasteiger partial charge < -0.3 is 19.7 Å². The van der Waals surface area contributed by atoms with Crippen molar-refractivity contribution in [1.82, 2.24) is 0 Å². The van der Waals surface area contributed by atoms with Gasteiger partial charge in [-0.2, -0.15) is 0 Å². The summed E-state index contributed by atoms with van der Waals surface area (Å²) in [6.07, 6.45) is -1.09. The summed E-state index contributed by atoms with van der Waals surface area (Å²) < 4.78 is 10.6. The Balaban J connectivity index is 1.66. The number of nitro groups is 1. The topological polar surface area (TPSA) is 111 Å². The van der Waals surface area contributed by atoms with Crippen molar-refractivity contribution in [2.24, 2.45) is 0 Å². The maximum Gasteiger partial charge on any atom is 0.339 e. The molecule has 33 heavy (non-hydrogen) atoms. The largest absolute Gasteiger partial charge is 0.449 e. The van der Waals surface area contributed by atoms with E-state index < -0.39 is 22.9 Å². The lowest BCUT2D eigenvalue weighted by Crippen LogP contribution is -2.36. The molecule has 0 spiro atoms. The lowest BCUT2D eigenvalue weighted by molar-refractivity contribution is -0.384. The van der Waals surface area contributed by atoms with E-state index in [0.29, 0.717) is 37.7 Å². The lowest BCUT2D eigenvalue weighted by atomic mass is 9.87. The number of carbonyl (C=O) groups is 2. The van der Waals surface area contributed by atoms with Crippen LogP contribution >= 0.6 is 0 Å². The summed E-state index contributed by atoms with van der Waals surface area (Å²) in [6.45, 7) is 9.75. The number of anilines is 2. The van der Waals surface area contributed by atoms with E-state index in [0.717, 1.165) is 5.56 Å². The molecule has 9 nitrogen and oxygen atoms in total. The van der Waals surface area contributed by atoms with Crippen LogP contribution in [0.2, 0.25) is 0 Å². The Morgan fingerprint density at radius 1 is 1.12 bits per heavy atom. The molecule has 9 heteroatoms. The molecule has 0 unspecified atom stereocenters. The average molecular weight is 456 g/mol. The Kier molecular flexibility index (Phi) is 7.33. The third kappa shape index (κ3) is 6.07. The molecule has 0 saturated carbocycles. The number of hydrogen-bond acceptors (Lipinski definition) is 7. The van der Waals surface area contributed by atoms with Crippen molar-refractivity contribution in [1.29, 1.82) is 0 Å². The van der Waals surface area contributed by atoms with E-state index >= 15 is 0 Å². The number of morpholine rings is 1. The number of esters is 1. The van der Waals surface area contributed by atoms with Crippen LogP contribution in [0.1, 0.15) is 43.6 Å². The molecule has 2 aromatic rings. The van der Waals surface area contributed by atoms with Crippen molar-refractivity contribution in [3.63, 3.8) is 0 Å². The van der Waals surface area contributed by atoms with Gasteiger partial charge in [0.2, 0.25) is 0 Å². The molecule has 1 saturated heterocycles. The monoisotopic (exact) mass is 455 g/mol. The highest BCUT2D eigenvalue weighted by Crippen LogP contribution is 2.30. The normalized spacial score (nSPS) is 15.0. The smallest absolute Gasteiger partial charge is 0.339 e. The van der Waals surface area contributed by atoms with Crippen LogP contribution in [0.4, 0.5) is 17.1 Å². The van der Waals surface area contributed by atoms with Gasteiger partial charge in [0.05, 0.1) is 23.7 Å². The van der Waals surface area contributed by atoms with E-state index in [1.807, 2.05) is 17.0 Å². The van der Waals surface area contributed by atoms with Gasteiger partial charge in [0.1, 0.15) is 5.69 Å². The zero-order valence-electron chi connectivity index (χ0n) is 19.3. The summed E-state index contributed by atoms with van der Waals surface area (Å²) in [4.78, 5) is 38.0. The van der Waals surface area contributed by atoms with Crippen molar-refractivity contribution >= 4 is 28.9 Å². The summed E-state index contributed by atoms with van der Waals surface area (Å²) in [5, 5.41) is 14.3. The lowest BCUT2D eigenvalue weighted by Gasteiger charge is -2.28. The maximum absolute atomic E-state index is 12.6. The van der Waals surface area contributed by atoms with E-state index in [4.69, 9.17) is 9.47 Å². The van der Waals surface area contributed by atoms with Crippen molar-refractivity contribution in [2.45, 2.75) is 39.2 Å². The van der Waals surface area contributed by atoms with Crippen LogP contribution in [0.3, 0.4) is 0 Å². The van der Waals surface area contributed by atoms with Crippen LogP contribution in [0.25, 0.3) is 0 Å². The number of nitrogens with zero attached hydrogens (tertiary/aromatic N) is 2. The van der Waals surface area contributed by atoms with Gasteiger partial charge in [-0.1, -0.05) is 32.9 Å². The molecule has 1 amide bonds. The summed E-state index contributed by atoms with van der Waals surface area (Å²) >= 11 is 0. The van der Waals surface area contributed by atoms with Crippen molar-refractivity contribution in [2.75, 3.05) is 36.5 Å². The second-order valence-corrected chi connectivity index (χ2v) is 8.92. The van der Waals surface area contributed by atoms with Crippen molar-refractivity contribution in [3.05, 3.63) is 63.7 Å². The number of nitro benzene ring substituents is 1. The molecular formula is C24H29N3O6. The molecule has 1 fully saturated rings. The molecule has 1 aliphatic rings. The second-order valence-electron chi connectivity index (χ2n) is 8.92.